The molecule has 0 radical (unpaired) electrons. The first-order valence-corrected chi connectivity index (χ1v) is 11.2. The number of carbonyl (C=O) groups is 1. The van der Waals surface area contributed by atoms with Crippen LogP contribution in [0.15, 0.2) is 41.0 Å². The molecule has 3 rings (SSSR count). The van der Waals surface area contributed by atoms with E-state index in [9.17, 15) is 13.2 Å². The maximum atomic E-state index is 13.1. The number of sulfonamides is 1. The summed E-state index contributed by atoms with van der Waals surface area (Å²) in [4.78, 5) is 14.6. The average Bonchev–Trinajstić information content (AvgIpc) is 3.30. The smallest absolute Gasteiger partial charge is 0.238 e. The zero-order chi connectivity index (χ0) is 21.0. The van der Waals surface area contributed by atoms with Crippen molar-refractivity contribution in [3.63, 3.8) is 0 Å². The number of furan rings is 1. The summed E-state index contributed by atoms with van der Waals surface area (Å²) < 4.78 is 41.6. The van der Waals surface area contributed by atoms with E-state index in [1.807, 2.05) is 26.0 Å². The highest BCUT2D eigenvalue weighted by molar-refractivity contribution is 7.88. The van der Waals surface area contributed by atoms with E-state index in [2.05, 4.69) is 0 Å². The van der Waals surface area contributed by atoms with E-state index in [-0.39, 0.29) is 44.8 Å². The molecular formula is C20H26N2O6S. The topological polar surface area (TPSA) is 89.3 Å². The van der Waals surface area contributed by atoms with Gasteiger partial charge in [0.25, 0.3) is 0 Å². The molecule has 0 unspecified atom stereocenters. The van der Waals surface area contributed by atoms with Crippen LogP contribution in [0.3, 0.4) is 0 Å². The first-order chi connectivity index (χ1) is 13.7. The van der Waals surface area contributed by atoms with Crippen molar-refractivity contribution in [3.8, 4) is 11.5 Å². The molecule has 1 aromatic heterocycles. The second-order valence-electron chi connectivity index (χ2n) is 7.47. The second-order valence-corrected chi connectivity index (χ2v) is 9.45. The van der Waals surface area contributed by atoms with Gasteiger partial charge in [0.2, 0.25) is 22.7 Å². The van der Waals surface area contributed by atoms with Crippen LogP contribution in [-0.2, 0) is 27.9 Å². The van der Waals surface area contributed by atoms with E-state index in [0.717, 1.165) is 11.8 Å². The van der Waals surface area contributed by atoms with Crippen molar-refractivity contribution in [2.75, 3.05) is 26.1 Å². The van der Waals surface area contributed by atoms with Crippen LogP contribution in [0.2, 0.25) is 0 Å². The summed E-state index contributed by atoms with van der Waals surface area (Å²) in [5, 5.41) is 0. The van der Waals surface area contributed by atoms with Crippen LogP contribution in [0.5, 0.6) is 11.5 Å². The van der Waals surface area contributed by atoms with E-state index in [1.165, 1.54) is 4.31 Å². The highest BCUT2D eigenvalue weighted by Crippen LogP contribution is 2.33. The summed E-state index contributed by atoms with van der Waals surface area (Å²) in [5.41, 5.74) is 0.851. The van der Waals surface area contributed by atoms with Crippen molar-refractivity contribution in [1.82, 2.24) is 9.21 Å². The number of nitrogens with zero attached hydrogens (tertiary/aromatic N) is 2. The van der Waals surface area contributed by atoms with Gasteiger partial charge >= 0.3 is 0 Å². The summed E-state index contributed by atoms with van der Waals surface area (Å²) in [6.07, 6.45) is 2.66. The van der Waals surface area contributed by atoms with Gasteiger partial charge in [-0.05, 0) is 35.7 Å². The fourth-order valence-electron chi connectivity index (χ4n) is 3.06. The molecule has 0 bridgehead atoms. The molecule has 29 heavy (non-hydrogen) atoms. The monoisotopic (exact) mass is 422 g/mol. The van der Waals surface area contributed by atoms with Gasteiger partial charge in [0.1, 0.15) is 5.76 Å². The lowest BCUT2D eigenvalue weighted by molar-refractivity contribution is -0.133. The highest BCUT2D eigenvalue weighted by Gasteiger charge is 2.25. The van der Waals surface area contributed by atoms with Crippen LogP contribution >= 0.6 is 0 Å². The van der Waals surface area contributed by atoms with Crippen molar-refractivity contribution in [2.45, 2.75) is 26.9 Å². The largest absolute Gasteiger partial charge is 0.467 e. The lowest BCUT2D eigenvalue weighted by Crippen LogP contribution is -2.43. The Labute approximate surface area is 171 Å². The van der Waals surface area contributed by atoms with E-state index >= 15 is 0 Å². The third kappa shape index (κ3) is 5.74. The van der Waals surface area contributed by atoms with Crippen LogP contribution in [-0.4, -0.2) is 49.7 Å². The molecule has 1 aliphatic rings. The summed E-state index contributed by atoms with van der Waals surface area (Å²) in [5.74, 6) is 1.72. The van der Waals surface area contributed by atoms with Crippen LogP contribution in [0, 0.1) is 5.92 Å². The van der Waals surface area contributed by atoms with E-state index in [1.54, 1.807) is 29.4 Å². The first-order valence-electron chi connectivity index (χ1n) is 9.36. The standard InChI is InChI=1S/C20H26N2O6S/c1-15(2)10-22(29(3,24)25)13-20(23)21(12-17-5-4-8-26-17)11-16-6-7-18-19(9-16)28-14-27-18/h4-9,15H,10-14H2,1-3H3. The van der Waals surface area contributed by atoms with Crippen molar-refractivity contribution in [2.24, 2.45) is 5.92 Å². The van der Waals surface area contributed by atoms with Crippen LogP contribution < -0.4 is 9.47 Å². The van der Waals surface area contributed by atoms with Crippen LogP contribution in [0.1, 0.15) is 25.2 Å². The summed E-state index contributed by atoms with van der Waals surface area (Å²) in [6.45, 7) is 4.58. The van der Waals surface area contributed by atoms with E-state index in [0.29, 0.717) is 17.3 Å². The Morgan fingerprint density at radius 3 is 2.55 bits per heavy atom. The molecule has 0 saturated carbocycles. The van der Waals surface area contributed by atoms with Gasteiger partial charge in [0.15, 0.2) is 11.5 Å². The van der Waals surface area contributed by atoms with Gasteiger partial charge in [0.05, 0.1) is 25.6 Å². The van der Waals surface area contributed by atoms with Crippen LogP contribution in [0.25, 0.3) is 0 Å². The maximum absolute atomic E-state index is 13.1. The Morgan fingerprint density at radius 2 is 1.90 bits per heavy atom. The molecule has 0 aliphatic carbocycles. The van der Waals surface area contributed by atoms with Crippen LogP contribution in [0.4, 0.5) is 0 Å². The lowest BCUT2D eigenvalue weighted by atomic mass is 10.2. The lowest BCUT2D eigenvalue weighted by Gasteiger charge is -2.27. The predicted molar refractivity (Wildman–Crippen MR) is 107 cm³/mol. The van der Waals surface area contributed by atoms with Gasteiger partial charge in [-0.25, -0.2) is 8.42 Å². The van der Waals surface area contributed by atoms with Crippen molar-refractivity contribution < 1.29 is 27.1 Å². The normalized spacial score (nSPS) is 13.3. The number of hydrogen-bond acceptors (Lipinski definition) is 6. The molecule has 0 spiro atoms. The van der Waals surface area contributed by atoms with Crippen molar-refractivity contribution in [3.05, 3.63) is 47.9 Å². The predicted octanol–water partition coefficient (Wildman–Crippen LogP) is 2.45. The minimum atomic E-state index is -3.51. The summed E-state index contributed by atoms with van der Waals surface area (Å²) in [7, 11) is -3.51. The number of benzene rings is 1. The minimum absolute atomic E-state index is 0.102. The molecule has 0 saturated heterocycles. The van der Waals surface area contributed by atoms with Gasteiger partial charge in [-0.3, -0.25) is 4.79 Å². The van der Waals surface area contributed by atoms with Gasteiger partial charge in [-0.1, -0.05) is 19.9 Å². The Bertz CT molecular complexity index is 940. The molecule has 8 nitrogen and oxygen atoms in total. The third-order valence-electron chi connectivity index (χ3n) is 4.44. The minimum Gasteiger partial charge on any atom is -0.467 e. The summed E-state index contributed by atoms with van der Waals surface area (Å²) >= 11 is 0. The fourth-order valence-corrected chi connectivity index (χ4v) is 3.97. The first kappa shape index (κ1) is 21.2. The molecule has 9 heteroatoms. The van der Waals surface area contributed by atoms with Gasteiger partial charge in [0, 0.05) is 13.1 Å². The van der Waals surface area contributed by atoms with Gasteiger partial charge in [-0.15, -0.1) is 0 Å². The van der Waals surface area contributed by atoms with E-state index in [4.69, 9.17) is 13.9 Å². The number of amides is 1. The number of ether oxygens (including phenoxy) is 2. The molecule has 1 aliphatic heterocycles. The van der Waals surface area contributed by atoms with Crippen molar-refractivity contribution in [1.29, 1.82) is 0 Å². The molecule has 1 aromatic carbocycles. The molecule has 158 valence electrons. The number of fused-ring (bicyclic) bond motifs is 1. The molecule has 0 N–H and O–H groups in total. The van der Waals surface area contributed by atoms with Gasteiger partial charge < -0.3 is 18.8 Å². The zero-order valence-corrected chi connectivity index (χ0v) is 17.6. The molecule has 0 atom stereocenters. The SMILES string of the molecule is CC(C)CN(CC(=O)N(Cc1ccc2c(c1)OCO2)Cc1ccco1)S(C)(=O)=O. The maximum Gasteiger partial charge on any atom is 0.238 e. The Hall–Kier alpha value is -2.52. The molecule has 0 fully saturated rings. The molecular weight excluding hydrogens is 396 g/mol. The number of rotatable bonds is 9. The molecule has 2 aromatic rings. The van der Waals surface area contributed by atoms with Crippen molar-refractivity contribution >= 4 is 15.9 Å². The molecule has 1 amide bonds. The zero-order valence-electron chi connectivity index (χ0n) is 16.8. The second kappa shape index (κ2) is 8.87. The average molecular weight is 423 g/mol. The third-order valence-corrected chi connectivity index (χ3v) is 5.66. The fraction of sp³-hybridized carbons (Fsp3) is 0.450. The summed E-state index contributed by atoms with van der Waals surface area (Å²) in [6, 6.07) is 9.02. The molecule has 2 heterocycles. The highest BCUT2D eigenvalue weighted by atomic mass is 32.2. The number of hydrogen-bond donors (Lipinski definition) is 0. The Morgan fingerprint density at radius 1 is 1.14 bits per heavy atom. The Balaban J connectivity index is 1.79. The Kier molecular flexibility index (Phi) is 6.49. The number of carbonyl (C=O) groups excluding carboxylic acids is 1. The van der Waals surface area contributed by atoms with E-state index < -0.39 is 10.0 Å². The van der Waals surface area contributed by atoms with Gasteiger partial charge in [-0.2, -0.15) is 4.31 Å². The quantitative estimate of drug-likeness (QED) is 0.617.